The predicted octanol–water partition coefficient (Wildman–Crippen LogP) is 5.03. The van der Waals surface area contributed by atoms with Crippen LogP contribution in [-0.2, 0) is 9.59 Å². The van der Waals surface area contributed by atoms with Gasteiger partial charge in [-0.05, 0) is 55.2 Å². The van der Waals surface area contributed by atoms with Crippen LogP contribution in [0.5, 0.6) is 11.5 Å². The molecule has 4 rings (SSSR count). The van der Waals surface area contributed by atoms with E-state index >= 15 is 0 Å². The summed E-state index contributed by atoms with van der Waals surface area (Å²) in [6.07, 6.45) is 3.67. The minimum absolute atomic E-state index is 0.0482. The number of aryl methyl sites for hydroxylation is 1. The number of aliphatic hydroxyl groups is 1. The average Bonchev–Trinajstić information content (AvgIpc) is 3.40. The molecule has 1 atom stereocenters. The number of ketones is 1. The zero-order chi connectivity index (χ0) is 23.0. The molecule has 7 heteroatoms. The number of rotatable bonds is 5. The number of amides is 1. The molecule has 2 aromatic carbocycles. The second-order valence-electron chi connectivity index (χ2n) is 8.25. The largest absolute Gasteiger partial charge is 0.507 e. The Bertz CT molecular complexity index is 1090. The summed E-state index contributed by atoms with van der Waals surface area (Å²) in [5, 5.41) is 11.7. The molecular weight excluding hydrogens is 430 g/mol. The van der Waals surface area contributed by atoms with Gasteiger partial charge in [-0.15, -0.1) is 0 Å². The van der Waals surface area contributed by atoms with Gasteiger partial charge < -0.3 is 19.5 Å². The Morgan fingerprint density at radius 3 is 2.31 bits per heavy atom. The molecule has 1 amide bonds. The predicted molar refractivity (Wildman–Crippen MR) is 122 cm³/mol. The number of benzene rings is 2. The third kappa shape index (κ3) is 3.73. The molecule has 1 aliphatic heterocycles. The van der Waals surface area contributed by atoms with Crippen LogP contribution in [0.25, 0.3) is 5.76 Å². The molecule has 2 aliphatic rings. The summed E-state index contributed by atoms with van der Waals surface area (Å²) in [6.45, 7) is 1.83. The first-order chi connectivity index (χ1) is 15.4. The Morgan fingerprint density at radius 2 is 1.72 bits per heavy atom. The molecule has 168 valence electrons. The van der Waals surface area contributed by atoms with Gasteiger partial charge in [0.1, 0.15) is 17.3 Å². The molecule has 0 bridgehead atoms. The maximum Gasteiger partial charge on any atom is 0.295 e. The number of Topliss-reactive ketones (excluding diaryl/α,β-unsaturated/α-hetero) is 1. The molecule has 32 heavy (non-hydrogen) atoms. The van der Waals surface area contributed by atoms with Crippen molar-refractivity contribution in [2.75, 3.05) is 14.2 Å². The van der Waals surface area contributed by atoms with Crippen LogP contribution in [0, 0.1) is 6.92 Å². The summed E-state index contributed by atoms with van der Waals surface area (Å²) < 4.78 is 10.7. The lowest BCUT2D eigenvalue weighted by molar-refractivity contribution is -0.141. The monoisotopic (exact) mass is 455 g/mol. The maximum atomic E-state index is 13.3. The number of ether oxygens (including phenoxy) is 2. The fourth-order valence-corrected chi connectivity index (χ4v) is 5.13. The topological polar surface area (TPSA) is 76.1 Å². The van der Waals surface area contributed by atoms with Gasteiger partial charge in [0.15, 0.2) is 0 Å². The number of hydrogen-bond donors (Lipinski definition) is 1. The van der Waals surface area contributed by atoms with Gasteiger partial charge in [-0.3, -0.25) is 9.59 Å². The van der Waals surface area contributed by atoms with E-state index in [2.05, 4.69) is 0 Å². The molecule has 1 unspecified atom stereocenters. The lowest BCUT2D eigenvalue weighted by Crippen LogP contribution is -2.37. The normalized spacial score (nSPS) is 20.8. The number of nitrogens with zero attached hydrogens (tertiary/aromatic N) is 1. The van der Waals surface area contributed by atoms with Crippen LogP contribution < -0.4 is 9.47 Å². The van der Waals surface area contributed by atoms with E-state index in [0.29, 0.717) is 16.3 Å². The highest BCUT2D eigenvalue weighted by Gasteiger charge is 2.49. The van der Waals surface area contributed by atoms with Gasteiger partial charge in [0.2, 0.25) is 0 Å². The van der Waals surface area contributed by atoms with Crippen molar-refractivity contribution in [2.24, 2.45) is 0 Å². The van der Waals surface area contributed by atoms with E-state index in [4.69, 9.17) is 21.1 Å². The minimum atomic E-state index is -0.701. The fraction of sp³-hybridized carbons (Fsp3) is 0.360. The van der Waals surface area contributed by atoms with E-state index in [-0.39, 0.29) is 23.1 Å². The Balaban J connectivity index is 1.93. The van der Waals surface area contributed by atoms with E-state index in [1.54, 1.807) is 36.3 Å². The number of methoxy groups -OCH3 is 2. The van der Waals surface area contributed by atoms with Gasteiger partial charge in [-0.2, -0.15) is 0 Å². The molecule has 1 saturated carbocycles. The third-order valence-corrected chi connectivity index (χ3v) is 6.56. The molecule has 2 fully saturated rings. The van der Waals surface area contributed by atoms with Crippen LogP contribution in [0.3, 0.4) is 0 Å². The lowest BCUT2D eigenvalue weighted by atomic mass is 9.94. The first kappa shape index (κ1) is 22.2. The van der Waals surface area contributed by atoms with Crippen LogP contribution >= 0.6 is 11.6 Å². The van der Waals surface area contributed by atoms with Crippen LogP contribution in [-0.4, -0.2) is 42.0 Å². The molecule has 1 aliphatic carbocycles. The summed E-state index contributed by atoms with van der Waals surface area (Å²) in [4.78, 5) is 28.1. The number of carbonyl (C=O) groups excluding carboxylic acids is 2. The summed E-state index contributed by atoms with van der Waals surface area (Å²) in [7, 11) is 3.03. The molecular formula is C25H26ClNO5. The quantitative estimate of drug-likeness (QED) is 0.388. The Kier molecular flexibility index (Phi) is 6.15. The summed E-state index contributed by atoms with van der Waals surface area (Å²) in [5.41, 5.74) is 1.87. The Hall–Kier alpha value is -2.99. The van der Waals surface area contributed by atoms with Crippen LogP contribution in [0.15, 0.2) is 42.0 Å². The minimum Gasteiger partial charge on any atom is -0.507 e. The Labute approximate surface area is 192 Å². The molecule has 6 nitrogen and oxygen atoms in total. The maximum absolute atomic E-state index is 13.3. The van der Waals surface area contributed by atoms with Gasteiger partial charge in [0.25, 0.3) is 11.7 Å². The van der Waals surface area contributed by atoms with Crippen LogP contribution in [0.1, 0.15) is 48.4 Å². The number of carbonyl (C=O) groups is 2. The smallest absolute Gasteiger partial charge is 0.295 e. The van der Waals surface area contributed by atoms with E-state index in [0.717, 1.165) is 36.8 Å². The van der Waals surface area contributed by atoms with Crippen molar-refractivity contribution in [3.05, 3.63) is 63.7 Å². The SMILES string of the molecule is COc1ccc(C2/C(=C(\O)c3cc(C)cc(Cl)c3OC)C(=O)C(=O)N2C2CCCC2)cc1. The van der Waals surface area contributed by atoms with Gasteiger partial charge in [-0.1, -0.05) is 36.6 Å². The van der Waals surface area contributed by atoms with Crippen molar-refractivity contribution in [1.29, 1.82) is 0 Å². The zero-order valence-corrected chi connectivity index (χ0v) is 19.1. The molecule has 0 spiro atoms. The van der Waals surface area contributed by atoms with E-state index < -0.39 is 17.7 Å². The average molecular weight is 456 g/mol. The second kappa shape index (κ2) is 8.87. The van der Waals surface area contributed by atoms with Crippen molar-refractivity contribution in [2.45, 2.75) is 44.7 Å². The highest BCUT2D eigenvalue weighted by molar-refractivity contribution is 6.46. The van der Waals surface area contributed by atoms with Gasteiger partial charge in [0.05, 0.1) is 36.4 Å². The third-order valence-electron chi connectivity index (χ3n) is 6.28. The Morgan fingerprint density at radius 1 is 1.06 bits per heavy atom. The van der Waals surface area contributed by atoms with Crippen LogP contribution in [0.2, 0.25) is 5.02 Å². The first-order valence-electron chi connectivity index (χ1n) is 10.7. The van der Waals surface area contributed by atoms with Gasteiger partial charge in [-0.25, -0.2) is 0 Å². The second-order valence-corrected chi connectivity index (χ2v) is 8.65. The van der Waals surface area contributed by atoms with Crippen molar-refractivity contribution in [3.63, 3.8) is 0 Å². The van der Waals surface area contributed by atoms with Crippen LogP contribution in [0.4, 0.5) is 0 Å². The molecule has 1 N–H and O–H groups in total. The molecule has 2 aromatic rings. The number of aliphatic hydroxyl groups excluding tert-OH is 1. The fourth-order valence-electron chi connectivity index (χ4n) is 4.78. The number of halogens is 1. The number of likely N-dealkylation sites (tertiary alicyclic amines) is 1. The highest BCUT2D eigenvalue weighted by atomic mass is 35.5. The van der Waals surface area contributed by atoms with Crippen molar-refractivity contribution >= 4 is 29.1 Å². The van der Waals surface area contributed by atoms with Crippen molar-refractivity contribution in [1.82, 2.24) is 4.90 Å². The van der Waals surface area contributed by atoms with Gasteiger partial charge >= 0.3 is 0 Å². The zero-order valence-electron chi connectivity index (χ0n) is 18.4. The molecule has 1 saturated heterocycles. The van der Waals surface area contributed by atoms with E-state index in [1.807, 2.05) is 19.1 Å². The van der Waals surface area contributed by atoms with E-state index in [1.165, 1.54) is 7.11 Å². The lowest BCUT2D eigenvalue weighted by Gasteiger charge is -2.31. The van der Waals surface area contributed by atoms with E-state index in [9.17, 15) is 14.7 Å². The van der Waals surface area contributed by atoms with Gasteiger partial charge in [0, 0.05) is 6.04 Å². The summed E-state index contributed by atoms with van der Waals surface area (Å²) in [6, 6.07) is 9.89. The molecule has 1 heterocycles. The number of hydrogen-bond acceptors (Lipinski definition) is 5. The summed E-state index contributed by atoms with van der Waals surface area (Å²) in [5.74, 6) is -0.645. The highest BCUT2D eigenvalue weighted by Crippen LogP contribution is 2.45. The molecule has 0 aromatic heterocycles. The van der Waals surface area contributed by atoms with Crippen molar-refractivity contribution in [3.8, 4) is 11.5 Å². The summed E-state index contributed by atoms with van der Waals surface area (Å²) >= 11 is 6.33. The first-order valence-corrected chi connectivity index (χ1v) is 11.0. The van der Waals surface area contributed by atoms with Crippen molar-refractivity contribution < 1.29 is 24.2 Å². The molecule has 0 radical (unpaired) electrons. The standard InChI is InChI=1S/C25H26ClNO5/c1-14-12-18(24(32-3)19(26)13-14)22(28)20-21(15-8-10-17(31-2)11-9-15)27(25(30)23(20)29)16-6-4-5-7-16/h8-13,16,21,28H,4-7H2,1-3H3/b22-20+.